The maximum Gasteiger partial charge on any atom is 0.119 e. The Hall–Kier alpha value is -2.22. The fourth-order valence-corrected chi connectivity index (χ4v) is 4.24. The van der Waals surface area contributed by atoms with Crippen molar-refractivity contribution in [3.05, 3.63) is 70.8 Å². The van der Waals surface area contributed by atoms with Gasteiger partial charge in [0, 0.05) is 11.6 Å². The van der Waals surface area contributed by atoms with Crippen molar-refractivity contribution in [3.63, 3.8) is 0 Å². The molecule has 0 saturated heterocycles. The molecule has 1 N–H and O–H groups in total. The molecule has 2 aromatic carbocycles. The normalized spacial score (nSPS) is 24.7. The number of hydrogen-bond donors (Lipinski definition) is 1. The summed E-state index contributed by atoms with van der Waals surface area (Å²) in [5.41, 5.74) is 6.78. The maximum absolute atomic E-state index is 5.42. The molecule has 2 nitrogen and oxygen atoms in total. The smallest absolute Gasteiger partial charge is 0.119 e. The van der Waals surface area contributed by atoms with Crippen molar-refractivity contribution in [2.45, 2.75) is 32.2 Å². The van der Waals surface area contributed by atoms with Crippen LogP contribution in [0.2, 0.25) is 0 Å². The lowest BCUT2D eigenvalue weighted by Crippen LogP contribution is -2.29. The summed E-state index contributed by atoms with van der Waals surface area (Å²) in [5.74, 6) is 2.02. The second kappa shape index (κ2) is 5.45. The van der Waals surface area contributed by atoms with E-state index in [4.69, 9.17) is 4.74 Å². The Morgan fingerprint density at radius 1 is 1.13 bits per heavy atom. The third-order valence-corrected chi connectivity index (χ3v) is 5.26. The fourth-order valence-electron chi connectivity index (χ4n) is 4.24. The third kappa shape index (κ3) is 2.33. The minimum absolute atomic E-state index is 0.332. The van der Waals surface area contributed by atoms with Gasteiger partial charge in [-0.3, -0.25) is 0 Å². The number of methoxy groups -OCH3 is 1. The van der Waals surface area contributed by atoms with Crippen LogP contribution in [0.4, 0.5) is 5.69 Å². The molecule has 0 amide bonds. The van der Waals surface area contributed by atoms with E-state index in [2.05, 4.69) is 61.6 Å². The predicted molar refractivity (Wildman–Crippen MR) is 95.3 cm³/mol. The second-order valence-electron chi connectivity index (χ2n) is 6.80. The van der Waals surface area contributed by atoms with E-state index in [1.807, 2.05) is 6.07 Å². The molecule has 3 atom stereocenters. The Morgan fingerprint density at radius 3 is 2.83 bits per heavy atom. The summed E-state index contributed by atoms with van der Waals surface area (Å²) >= 11 is 0. The predicted octanol–water partition coefficient (Wildman–Crippen LogP) is 5.14. The molecule has 0 aromatic heterocycles. The minimum Gasteiger partial charge on any atom is -0.497 e. The lowest BCUT2D eigenvalue weighted by molar-refractivity contribution is 0.406. The van der Waals surface area contributed by atoms with Crippen LogP contribution in [0.25, 0.3) is 0 Å². The number of benzene rings is 2. The second-order valence-corrected chi connectivity index (χ2v) is 6.80. The summed E-state index contributed by atoms with van der Waals surface area (Å²) in [5, 5.41) is 3.84. The van der Waals surface area contributed by atoms with Crippen molar-refractivity contribution in [1.82, 2.24) is 0 Å². The quantitative estimate of drug-likeness (QED) is 0.776. The van der Waals surface area contributed by atoms with Crippen LogP contribution < -0.4 is 10.1 Å². The van der Waals surface area contributed by atoms with Gasteiger partial charge in [-0.15, -0.1) is 0 Å². The highest BCUT2D eigenvalue weighted by atomic mass is 16.5. The highest BCUT2D eigenvalue weighted by Crippen LogP contribution is 2.51. The monoisotopic (exact) mass is 305 g/mol. The molecular weight excluding hydrogens is 282 g/mol. The summed E-state index contributed by atoms with van der Waals surface area (Å²) in [4.78, 5) is 0. The van der Waals surface area contributed by atoms with Gasteiger partial charge in [-0.05, 0) is 55.0 Å². The Bertz CT molecular complexity index is 777. The van der Waals surface area contributed by atoms with Gasteiger partial charge in [0.05, 0.1) is 13.2 Å². The van der Waals surface area contributed by atoms with Gasteiger partial charge in [0.1, 0.15) is 5.75 Å². The van der Waals surface area contributed by atoms with Crippen LogP contribution in [0.3, 0.4) is 0 Å². The number of nitrogens with one attached hydrogen (secondary N) is 1. The van der Waals surface area contributed by atoms with Crippen molar-refractivity contribution in [3.8, 4) is 5.75 Å². The van der Waals surface area contributed by atoms with E-state index in [0.29, 0.717) is 17.9 Å². The zero-order valence-electron chi connectivity index (χ0n) is 14.0. The molecule has 2 aliphatic rings. The van der Waals surface area contributed by atoms with Gasteiger partial charge in [-0.2, -0.15) is 0 Å². The molecule has 23 heavy (non-hydrogen) atoms. The molecule has 0 saturated carbocycles. The molecule has 0 fully saturated rings. The molecular formula is C21H23NO. The van der Waals surface area contributed by atoms with Crippen LogP contribution >= 0.6 is 0 Å². The highest BCUT2D eigenvalue weighted by Gasteiger charge is 2.38. The lowest BCUT2D eigenvalue weighted by Gasteiger charge is -2.38. The van der Waals surface area contributed by atoms with Crippen LogP contribution in [0.5, 0.6) is 5.75 Å². The van der Waals surface area contributed by atoms with Gasteiger partial charge in [-0.1, -0.05) is 42.0 Å². The highest BCUT2D eigenvalue weighted by molar-refractivity contribution is 5.65. The van der Waals surface area contributed by atoms with Gasteiger partial charge in [0.25, 0.3) is 0 Å². The summed E-state index contributed by atoms with van der Waals surface area (Å²) in [6, 6.07) is 13.4. The third-order valence-electron chi connectivity index (χ3n) is 5.26. The van der Waals surface area contributed by atoms with Crippen LogP contribution in [0, 0.1) is 19.8 Å². The zero-order chi connectivity index (χ0) is 16.0. The van der Waals surface area contributed by atoms with E-state index >= 15 is 0 Å². The van der Waals surface area contributed by atoms with Crippen LogP contribution in [-0.2, 0) is 0 Å². The molecule has 0 bridgehead atoms. The molecule has 4 rings (SSSR count). The SMILES string of the molecule is COc1cccc(C2Nc3c(C)cc(C)cc3C3C=CCC32)c1. The molecule has 0 spiro atoms. The Labute approximate surface area is 138 Å². The Morgan fingerprint density at radius 2 is 2.00 bits per heavy atom. The molecule has 1 aliphatic carbocycles. The summed E-state index contributed by atoms with van der Waals surface area (Å²) in [6.45, 7) is 4.40. The van der Waals surface area contributed by atoms with E-state index in [1.165, 1.54) is 27.9 Å². The number of aryl methyl sites for hydroxylation is 2. The first-order valence-corrected chi connectivity index (χ1v) is 8.35. The van der Waals surface area contributed by atoms with Crippen molar-refractivity contribution in [2.75, 3.05) is 12.4 Å². The van der Waals surface area contributed by atoms with Crippen molar-refractivity contribution in [1.29, 1.82) is 0 Å². The van der Waals surface area contributed by atoms with Crippen molar-refractivity contribution < 1.29 is 4.74 Å². The number of ether oxygens (including phenoxy) is 1. The number of rotatable bonds is 2. The first kappa shape index (κ1) is 14.4. The van der Waals surface area contributed by atoms with Crippen LogP contribution in [0.15, 0.2) is 48.6 Å². The number of fused-ring (bicyclic) bond motifs is 3. The maximum atomic E-state index is 5.42. The van der Waals surface area contributed by atoms with E-state index in [0.717, 1.165) is 12.2 Å². The van der Waals surface area contributed by atoms with E-state index in [1.54, 1.807) is 7.11 Å². The minimum atomic E-state index is 0.332. The molecule has 118 valence electrons. The number of hydrogen-bond acceptors (Lipinski definition) is 2. The fraction of sp³-hybridized carbons (Fsp3) is 0.333. The largest absolute Gasteiger partial charge is 0.497 e. The molecule has 2 aromatic rings. The Kier molecular flexibility index (Phi) is 3.41. The molecule has 0 radical (unpaired) electrons. The summed E-state index contributed by atoms with van der Waals surface area (Å²) < 4.78 is 5.42. The molecule has 2 heteroatoms. The lowest BCUT2D eigenvalue weighted by atomic mass is 9.76. The van der Waals surface area contributed by atoms with Crippen molar-refractivity contribution in [2.24, 2.45) is 5.92 Å². The van der Waals surface area contributed by atoms with E-state index in [9.17, 15) is 0 Å². The first-order valence-electron chi connectivity index (χ1n) is 8.35. The van der Waals surface area contributed by atoms with Crippen molar-refractivity contribution >= 4 is 5.69 Å². The van der Waals surface area contributed by atoms with E-state index in [-0.39, 0.29) is 0 Å². The van der Waals surface area contributed by atoms with E-state index < -0.39 is 0 Å². The van der Waals surface area contributed by atoms with Gasteiger partial charge < -0.3 is 10.1 Å². The number of anilines is 1. The molecule has 1 aliphatic heterocycles. The number of allylic oxidation sites excluding steroid dienone is 2. The average molecular weight is 305 g/mol. The van der Waals surface area contributed by atoms with Crippen LogP contribution in [0.1, 0.15) is 40.6 Å². The molecule has 1 heterocycles. The van der Waals surface area contributed by atoms with Gasteiger partial charge in [0.15, 0.2) is 0 Å². The summed E-state index contributed by atoms with van der Waals surface area (Å²) in [6.07, 6.45) is 5.87. The van der Waals surface area contributed by atoms with Gasteiger partial charge >= 0.3 is 0 Å². The summed E-state index contributed by atoms with van der Waals surface area (Å²) in [7, 11) is 1.73. The zero-order valence-corrected chi connectivity index (χ0v) is 14.0. The van der Waals surface area contributed by atoms with Gasteiger partial charge in [-0.25, -0.2) is 0 Å². The molecule has 3 unspecified atom stereocenters. The van der Waals surface area contributed by atoms with Gasteiger partial charge in [0.2, 0.25) is 0 Å². The first-order chi connectivity index (χ1) is 11.2. The van der Waals surface area contributed by atoms with Crippen LogP contribution in [-0.4, -0.2) is 7.11 Å². The average Bonchev–Trinajstić information content (AvgIpc) is 3.04. The topological polar surface area (TPSA) is 21.3 Å². The standard InChI is InChI=1S/C21H23NO/c1-13-10-14(2)20-19(11-13)17-8-5-9-18(17)21(22-20)15-6-4-7-16(12-15)23-3/h4-8,10-12,17-18,21-22H,9H2,1-3H3. The Balaban J connectivity index is 1.81.